The van der Waals surface area contributed by atoms with Crippen molar-refractivity contribution in [1.29, 1.82) is 0 Å². The monoisotopic (exact) mass is 263 g/mol. The summed E-state index contributed by atoms with van der Waals surface area (Å²) >= 11 is 1.64. The maximum absolute atomic E-state index is 5.89. The Labute approximate surface area is 113 Å². The summed E-state index contributed by atoms with van der Waals surface area (Å²) in [6.45, 7) is 4.37. The van der Waals surface area contributed by atoms with E-state index < -0.39 is 0 Å². The molecule has 98 valence electrons. The molecule has 0 unspecified atom stereocenters. The van der Waals surface area contributed by atoms with Gasteiger partial charge >= 0.3 is 0 Å². The number of fused-ring (bicyclic) bond motifs is 1. The minimum atomic E-state index is 0.266. The minimum absolute atomic E-state index is 0.266. The summed E-state index contributed by atoms with van der Waals surface area (Å²) in [4.78, 5) is 4.49. The van der Waals surface area contributed by atoms with Crippen LogP contribution >= 0.6 is 11.3 Å². The Bertz CT molecular complexity index is 447. The summed E-state index contributed by atoms with van der Waals surface area (Å²) in [6, 6.07) is 8.18. The highest BCUT2D eigenvalue weighted by Crippen LogP contribution is 2.28. The van der Waals surface area contributed by atoms with Gasteiger partial charge in [0.2, 0.25) is 0 Å². The third kappa shape index (κ3) is 3.70. The molecule has 1 atom stereocenters. The van der Waals surface area contributed by atoms with Crippen LogP contribution in [0.5, 0.6) is 5.19 Å². The van der Waals surface area contributed by atoms with Gasteiger partial charge in [0.15, 0.2) is 0 Å². The highest BCUT2D eigenvalue weighted by Gasteiger charge is 2.08. The number of thiazole rings is 1. The van der Waals surface area contributed by atoms with Crippen molar-refractivity contribution in [2.45, 2.75) is 52.1 Å². The lowest BCUT2D eigenvalue weighted by Crippen LogP contribution is -2.11. The zero-order valence-electron chi connectivity index (χ0n) is 11.2. The first-order valence-corrected chi connectivity index (χ1v) is 7.63. The average molecular weight is 263 g/mol. The van der Waals surface area contributed by atoms with E-state index in [-0.39, 0.29) is 6.10 Å². The van der Waals surface area contributed by atoms with Crippen LogP contribution < -0.4 is 4.74 Å². The van der Waals surface area contributed by atoms with Gasteiger partial charge in [0.25, 0.3) is 5.19 Å². The number of aromatic nitrogens is 1. The van der Waals surface area contributed by atoms with Gasteiger partial charge in [-0.05, 0) is 31.9 Å². The molecule has 0 saturated carbocycles. The molecule has 0 aliphatic carbocycles. The van der Waals surface area contributed by atoms with E-state index in [2.05, 4.69) is 24.9 Å². The van der Waals surface area contributed by atoms with E-state index in [0.717, 1.165) is 17.1 Å². The van der Waals surface area contributed by atoms with Crippen molar-refractivity contribution in [3.8, 4) is 5.19 Å². The summed E-state index contributed by atoms with van der Waals surface area (Å²) < 4.78 is 7.09. The van der Waals surface area contributed by atoms with Gasteiger partial charge in [-0.15, -0.1) is 0 Å². The topological polar surface area (TPSA) is 22.1 Å². The molecule has 0 bridgehead atoms. The summed E-state index contributed by atoms with van der Waals surface area (Å²) in [7, 11) is 0. The molecule has 1 heterocycles. The van der Waals surface area contributed by atoms with Crippen LogP contribution in [-0.2, 0) is 0 Å². The molecule has 2 nitrogen and oxygen atoms in total. The zero-order chi connectivity index (χ0) is 12.8. The standard InChI is InChI=1S/C15H21NOS/c1-3-4-5-6-9-12(2)17-15-16-13-10-7-8-11-14(13)18-15/h7-8,10-12H,3-6,9H2,1-2H3/t12-/m1/s1. The Morgan fingerprint density at radius 3 is 2.83 bits per heavy atom. The normalized spacial score (nSPS) is 12.8. The third-order valence-electron chi connectivity index (χ3n) is 3.04. The minimum Gasteiger partial charge on any atom is -0.467 e. The Morgan fingerprint density at radius 1 is 1.22 bits per heavy atom. The zero-order valence-corrected chi connectivity index (χ0v) is 12.0. The van der Waals surface area contributed by atoms with E-state index in [1.54, 1.807) is 11.3 Å². The lowest BCUT2D eigenvalue weighted by Gasteiger charge is -2.11. The first-order chi connectivity index (χ1) is 8.79. The highest BCUT2D eigenvalue weighted by atomic mass is 32.1. The van der Waals surface area contributed by atoms with Gasteiger partial charge in [-0.3, -0.25) is 0 Å². The van der Waals surface area contributed by atoms with Gasteiger partial charge in [-0.1, -0.05) is 49.7 Å². The number of nitrogens with zero attached hydrogens (tertiary/aromatic N) is 1. The van der Waals surface area contributed by atoms with Gasteiger partial charge < -0.3 is 4.74 Å². The second-order valence-corrected chi connectivity index (χ2v) is 5.72. The molecule has 0 spiro atoms. The average Bonchev–Trinajstić information content (AvgIpc) is 2.76. The fourth-order valence-corrected chi connectivity index (χ4v) is 2.90. The van der Waals surface area contributed by atoms with Gasteiger partial charge in [0, 0.05) is 0 Å². The number of hydrogen-bond acceptors (Lipinski definition) is 3. The van der Waals surface area contributed by atoms with E-state index in [9.17, 15) is 0 Å². The van der Waals surface area contributed by atoms with Crippen LogP contribution in [0.4, 0.5) is 0 Å². The number of ether oxygens (including phenoxy) is 1. The van der Waals surface area contributed by atoms with Crippen molar-refractivity contribution in [2.24, 2.45) is 0 Å². The SMILES string of the molecule is CCCCCC[C@@H](C)Oc1nc2ccccc2s1. The second kappa shape index (κ2) is 6.74. The van der Waals surface area contributed by atoms with Crippen LogP contribution in [0.15, 0.2) is 24.3 Å². The molecule has 0 fully saturated rings. The molecule has 1 aromatic carbocycles. The largest absolute Gasteiger partial charge is 0.467 e. The van der Waals surface area contributed by atoms with E-state index in [4.69, 9.17) is 4.74 Å². The lowest BCUT2D eigenvalue weighted by molar-refractivity contribution is 0.206. The molecule has 0 saturated heterocycles. The molecule has 3 heteroatoms. The molecule has 0 N–H and O–H groups in total. The molecular weight excluding hydrogens is 242 g/mol. The fraction of sp³-hybridized carbons (Fsp3) is 0.533. The van der Waals surface area contributed by atoms with Crippen molar-refractivity contribution in [2.75, 3.05) is 0 Å². The van der Waals surface area contributed by atoms with Crippen LogP contribution in [0.2, 0.25) is 0 Å². The van der Waals surface area contributed by atoms with Crippen LogP contribution in [0.1, 0.15) is 46.0 Å². The Hall–Kier alpha value is -1.09. The van der Waals surface area contributed by atoms with Crippen LogP contribution in [0.25, 0.3) is 10.2 Å². The van der Waals surface area contributed by atoms with Gasteiger partial charge in [0.05, 0.1) is 16.3 Å². The molecular formula is C15H21NOS. The summed E-state index contributed by atoms with van der Waals surface area (Å²) in [5.74, 6) is 0. The van der Waals surface area contributed by atoms with E-state index >= 15 is 0 Å². The molecule has 0 aliphatic heterocycles. The van der Waals surface area contributed by atoms with Crippen LogP contribution in [0, 0.1) is 0 Å². The van der Waals surface area contributed by atoms with Gasteiger partial charge in [0.1, 0.15) is 0 Å². The maximum atomic E-state index is 5.89. The molecule has 18 heavy (non-hydrogen) atoms. The van der Waals surface area contributed by atoms with E-state index in [1.165, 1.54) is 30.4 Å². The first kappa shape index (κ1) is 13.3. The van der Waals surface area contributed by atoms with Crippen molar-refractivity contribution >= 4 is 21.6 Å². The van der Waals surface area contributed by atoms with E-state index in [1.807, 2.05) is 18.2 Å². The predicted molar refractivity (Wildman–Crippen MR) is 78.5 cm³/mol. The third-order valence-corrected chi connectivity index (χ3v) is 3.97. The number of unbranched alkanes of at least 4 members (excludes halogenated alkanes) is 3. The highest BCUT2D eigenvalue weighted by molar-refractivity contribution is 7.20. The fourth-order valence-electron chi connectivity index (χ4n) is 1.99. The predicted octanol–water partition coefficient (Wildman–Crippen LogP) is 5.03. The number of rotatable bonds is 7. The number of hydrogen-bond donors (Lipinski definition) is 0. The Balaban J connectivity index is 1.84. The quantitative estimate of drug-likeness (QED) is 0.653. The van der Waals surface area contributed by atoms with Gasteiger partial charge in [-0.2, -0.15) is 0 Å². The number of para-hydroxylation sites is 1. The molecule has 0 amide bonds. The Kier molecular flexibility index (Phi) is 5.00. The van der Waals surface area contributed by atoms with Crippen molar-refractivity contribution < 1.29 is 4.74 Å². The summed E-state index contributed by atoms with van der Waals surface area (Å²) in [5, 5.41) is 0.805. The molecule has 1 aromatic heterocycles. The van der Waals surface area contributed by atoms with Crippen molar-refractivity contribution in [1.82, 2.24) is 4.98 Å². The van der Waals surface area contributed by atoms with Crippen LogP contribution in [-0.4, -0.2) is 11.1 Å². The molecule has 0 aliphatic rings. The van der Waals surface area contributed by atoms with Crippen molar-refractivity contribution in [3.05, 3.63) is 24.3 Å². The smallest absolute Gasteiger partial charge is 0.274 e. The van der Waals surface area contributed by atoms with Gasteiger partial charge in [-0.25, -0.2) is 4.98 Å². The lowest BCUT2D eigenvalue weighted by atomic mass is 10.1. The molecule has 2 aromatic rings. The van der Waals surface area contributed by atoms with E-state index in [0.29, 0.717) is 0 Å². The maximum Gasteiger partial charge on any atom is 0.274 e. The molecule has 0 radical (unpaired) electrons. The van der Waals surface area contributed by atoms with Crippen molar-refractivity contribution in [3.63, 3.8) is 0 Å². The second-order valence-electron chi connectivity index (χ2n) is 4.73. The van der Waals surface area contributed by atoms with Crippen LogP contribution in [0.3, 0.4) is 0 Å². The first-order valence-electron chi connectivity index (χ1n) is 6.82. The molecule has 2 rings (SSSR count). The number of benzene rings is 1. The summed E-state index contributed by atoms with van der Waals surface area (Å²) in [6.07, 6.45) is 6.56. The summed E-state index contributed by atoms with van der Waals surface area (Å²) in [5.41, 5.74) is 1.04. The Morgan fingerprint density at radius 2 is 2.06 bits per heavy atom.